The minimum absolute atomic E-state index is 0.0452. The van der Waals surface area contributed by atoms with Gasteiger partial charge in [-0.25, -0.2) is 4.79 Å². The van der Waals surface area contributed by atoms with Gasteiger partial charge in [-0.1, -0.05) is 127 Å². The molecular weight excluding hydrogens is 472 g/mol. The van der Waals surface area contributed by atoms with Crippen molar-refractivity contribution < 1.29 is 19.5 Å². The number of carboxylic acid groups (broad SMARTS) is 1. The Balaban J connectivity index is 0.000000178. The van der Waals surface area contributed by atoms with Gasteiger partial charge in [0.25, 0.3) is 0 Å². The van der Waals surface area contributed by atoms with Gasteiger partial charge in [0.15, 0.2) is 11.6 Å². The highest BCUT2D eigenvalue weighted by atomic mass is 16.4. The van der Waals surface area contributed by atoms with E-state index < -0.39 is 5.97 Å². The summed E-state index contributed by atoms with van der Waals surface area (Å²) in [6, 6.07) is 40.8. The molecule has 0 aliphatic rings. The molecule has 0 unspecified atom stereocenters. The predicted octanol–water partition coefficient (Wildman–Crippen LogP) is 7.51. The first-order valence-corrected chi connectivity index (χ1v) is 12.1. The van der Waals surface area contributed by atoms with E-state index in [4.69, 9.17) is 5.11 Å². The summed E-state index contributed by atoms with van der Waals surface area (Å²) in [6.45, 7) is 1.74. The molecule has 4 heteroatoms. The second kappa shape index (κ2) is 12.2. The maximum Gasteiger partial charge on any atom is 0.336 e. The third-order valence-electron chi connectivity index (χ3n) is 6.06. The van der Waals surface area contributed by atoms with E-state index in [9.17, 15) is 14.4 Å². The molecule has 0 saturated heterocycles. The zero-order valence-electron chi connectivity index (χ0n) is 20.9. The van der Waals surface area contributed by atoms with Gasteiger partial charge in [0, 0.05) is 22.3 Å². The first-order chi connectivity index (χ1) is 18.5. The third-order valence-corrected chi connectivity index (χ3v) is 6.06. The molecular formula is C34H26O4. The van der Waals surface area contributed by atoms with Crippen molar-refractivity contribution in [2.45, 2.75) is 6.92 Å². The molecule has 5 rings (SSSR count). The predicted molar refractivity (Wildman–Crippen MR) is 150 cm³/mol. The topological polar surface area (TPSA) is 71.4 Å². The molecule has 0 radical (unpaired) electrons. The van der Waals surface area contributed by atoms with E-state index in [0.29, 0.717) is 11.1 Å². The van der Waals surface area contributed by atoms with Gasteiger partial charge in [-0.05, 0) is 29.7 Å². The van der Waals surface area contributed by atoms with Gasteiger partial charge in [0.1, 0.15) is 0 Å². The van der Waals surface area contributed by atoms with Crippen LogP contribution in [0.1, 0.15) is 47.8 Å². The first-order valence-electron chi connectivity index (χ1n) is 12.1. The molecule has 0 fully saturated rings. The number of benzene rings is 5. The van der Waals surface area contributed by atoms with Gasteiger partial charge >= 0.3 is 5.97 Å². The molecule has 0 bridgehead atoms. The van der Waals surface area contributed by atoms with Gasteiger partial charge < -0.3 is 5.11 Å². The molecule has 5 aromatic carbocycles. The summed E-state index contributed by atoms with van der Waals surface area (Å²) in [4.78, 5) is 35.8. The van der Waals surface area contributed by atoms with Crippen LogP contribution in [0.4, 0.5) is 0 Å². The van der Waals surface area contributed by atoms with Gasteiger partial charge in [0.05, 0.1) is 5.56 Å². The Morgan fingerprint density at radius 3 is 1.45 bits per heavy atom. The lowest BCUT2D eigenvalue weighted by atomic mass is 9.94. The minimum atomic E-state index is -1.09. The van der Waals surface area contributed by atoms with E-state index in [1.165, 1.54) is 6.07 Å². The fraction of sp³-hybridized carbons (Fsp3) is 0.0294. The molecule has 0 atom stereocenters. The summed E-state index contributed by atoms with van der Waals surface area (Å²) < 4.78 is 0. The Bertz CT molecular complexity index is 1540. The van der Waals surface area contributed by atoms with Crippen LogP contribution in [0.2, 0.25) is 0 Å². The van der Waals surface area contributed by atoms with Gasteiger partial charge in [-0.2, -0.15) is 0 Å². The summed E-state index contributed by atoms with van der Waals surface area (Å²) in [7, 11) is 0. The van der Waals surface area contributed by atoms with Crippen molar-refractivity contribution in [2.75, 3.05) is 0 Å². The van der Waals surface area contributed by atoms with Crippen molar-refractivity contribution in [1.29, 1.82) is 0 Å². The molecule has 0 amide bonds. The number of aryl methyl sites for hydroxylation is 1. The highest BCUT2D eigenvalue weighted by Gasteiger charge is 2.19. The average molecular weight is 499 g/mol. The minimum Gasteiger partial charge on any atom is -0.478 e. The van der Waals surface area contributed by atoms with Gasteiger partial charge in [0.2, 0.25) is 0 Å². The van der Waals surface area contributed by atoms with Crippen LogP contribution < -0.4 is 0 Å². The molecule has 0 aliphatic carbocycles. The number of carbonyl (C=O) groups is 3. The molecule has 38 heavy (non-hydrogen) atoms. The Morgan fingerprint density at radius 2 is 0.921 bits per heavy atom. The van der Waals surface area contributed by atoms with E-state index in [-0.39, 0.29) is 22.7 Å². The van der Waals surface area contributed by atoms with Crippen LogP contribution in [0.15, 0.2) is 133 Å². The second-order valence-electron chi connectivity index (χ2n) is 8.64. The number of carbonyl (C=O) groups excluding carboxylic acids is 2. The maximum absolute atomic E-state index is 12.3. The number of carboxylic acids is 1. The number of rotatable bonds is 6. The zero-order chi connectivity index (χ0) is 26.9. The summed E-state index contributed by atoms with van der Waals surface area (Å²) in [5, 5.41) is 9.13. The van der Waals surface area contributed by atoms with Crippen LogP contribution in [-0.4, -0.2) is 22.6 Å². The molecule has 0 saturated carbocycles. The fourth-order valence-corrected chi connectivity index (χ4v) is 4.08. The van der Waals surface area contributed by atoms with Crippen molar-refractivity contribution in [1.82, 2.24) is 0 Å². The van der Waals surface area contributed by atoms with E-state index in [0.717, 1.165) is 22.3 Å². The van der Waals surface area contributed by atoms with Crippen LogP contribution in [-0.2, 0) is 0 Å². The third kappa shape index (κ3) is 6.18. The van der Waals surface area contributed by atoms with Crippen LogP contribution in [0.25, 0.3) is 11.1 Å². The molecule has 0 aliphatic heterocycles. The van der Waals surface area contributed by atoms with Crippen molar-refractivity contribution in [3.05, 3.63) is 167 Å². The van der Waals surface area contributed by atoms with Crippen LogP contribution in [0.3, 0.4) is 0 Å². The van der Waals surface area contributed by atoms with Crippen molar-refractivity contribution in [3.8, 4) is 11.1 Å². The quantitative estimate of drug-likeness (QED) is 0.246. The normalized spacial score (nSPS) is 10.1. The second-order valence-corrected chi connectivity index (χ2v) is 8.64. The first kappa shape index (κ1) is 26.0. The molecule has 1 N–H and O–H groups in total. The summed E-state index contributed by atoms with van der Waals surface area (Å²) in [6.07, 6.45) is 0. The van der Waals surface area contributed by atoms with E-state index in [1.54, 1.807) is 43.3 Å². The Morgan fingerprint density at radius 1 is 0.474 bits per heavy atom. The SMILES string of the molecule is Cc1cccc(C(=O)O)c1C(=O)c1ccccc1.O=C(c1ccccc1)c1ccc(-c2ccccc2)cc1. The average Bonchev–Trinajstić information content (AvgIpc) is 2.98. The lowest BCUT2D eigenvalue weighted by Gasteiger charge is -2.08. The Hall–Kier alpha value is -5.09. The summed E-state index contributed by atoms with van der Waals surface area (Å²) >= 11 is 0. The number of hydrogen-bond acceptors (Lipinski definition) is 3. The van der Waals surface area contributed by atoms with Crippen molar-refractivity contribution in [3.63, 3.8) is 0 Å². The molecule has 4 nitrogen and oxygen atoms in total. The Labute approximate surface area is 221 Å². The fourth-order valence-electron chi connectivity index (χ4n) is 4.08. The smallest absolute Gasteiger partial charge is 0.336 e. The highest BCUT2D eigenvalue weighted by Crippen LogP contribution is 2.21. The van der Waals surface area contributed by atoms with E-state index in [1.807, 2.05) is 78.9 Å². The number of ketones is 2. The van der Waals surface area contributed by atoms with Gasteiger partial charge in [-0.3, -0.25) is 9.59 Å². The van der Waals surface area contributed by atoms with E-state index >= 15 is 0 Å². The monoisotopic (exact) mass is 498 g/mol. The van der Waals surface area contributed by atoms with E-state index in [2.05, 4.69) is 12.1 Å². The summed E-state index contributed by atoms with van der Waals surface area (Å²) in [5.41, 5.74) is 5.19. The number of hydrogen-bond donors (Lipinski definition) is 1. The molecule has 0 aromatic heterocycles. The molecule has 0 spiro atoms. The van der Waals surface area contributed by atoms with Crippen LogP contribution in [0, 0.1) is 6.92 Å². The maximum atomic E-state index is 12.3. The largest absolute Gasteiger partial charge is 0.478 e. The molecule has 0 heterocycles. The number of aromatic carboxylic acids is 1. The lowest BCUT2D eigenvalue weighted by Crippen LogP contribution is -2.11. The summed E-state index contributed by atoms with van der Waals surface area (Å²) in [5.74, 6) is -1.28. The molecule has 186 valence electrons. The van der Waals surface area contributed by atoms with Crippen molar-refractivity contribution >= 4 is 17.5 Å². The van der Waals surface area contributed by atoms with Crippen molar-refractivity contribution in [2.24, 2.45) is 0 Å². The standard InChI is InChI=1S/C19H14O.C15H12O3/c20-19(17-9-5-2-6-10-17)18-13-11-16(12-14-18)15-7-3-1-4-8-15;1-10-6-5-9-12(15(17)18)13(10)14(16)11-7-3-2-4-8-11/h1-14H;2-9H,1H3,(H,17,18). The lowest BCUT2D eigenvalue weighted by molar-refractivity contribution is 0.0692. The van der Waals surface area contributed by atoms with Crippen LogP contribution in [0.5, 0.6) is 0 Å². The zero-order valence-corrected chi connectivity index (χ0v) is 20.9. The highest BCUT2D eigenvalue weighted by molar-refractivity contribution is 6.15. The molecule has 5 aromatic rings. The van der Waals surface area contributed by atoms with Crippen LogP contribution >= 0.6 is 0 Å². The van der Waals surface area contributed by atoms with Gasteiger partial charge in [-0.15, -0.1) is 0 Å². The Kier molecular flexibility index (Phi) is 8.37.